The van der Waals surface area contributed by atoms with Gasteiger partial charge in [0.25, 0.3) is 6.47 Å². The Balaban J connectivity index is 0.000000189. The minimum atomic E-state index is -0.951. The molecule has 0 radical (unpaired) electrons. The molecule has 0 saturated carbocycles. The number of likely N-dealkylation sites (N-methyl/N-ethyl adjacent to an activating group) is 1. The number of hydrogen-bond acceptors (Lipinski definition) is 7. The number of nitrogens with one attached hydrogen (secondary N) is 2. The second-order valence-electron chi connectivity index (χ2n) is 9.79. The Morgan fingerprint density at radius 3 is 2.30 bits per heavy atom. The van der Waals surface area contributed by atoms with Gasteiger partial charge < -0.3 is 19.9 Å². The lowest BCUT2D eigenvalue weighted by atomic mass is 9.89. The fourth-order valence-electron chi connectivity index (χ4n) is 4.67. The molecule has 3 fully saturated rings. The lowest BCUT2D eigenvalue weighted by molar-refractivity contribution is -0.139. The van der Waals surface area contributed by atoms with Crippen molar-refractivity contribution in [1.82, 2.24) is 15.5 Å². The first-order valence-electron chi connectivity index (χ1n) is 12.7. The van der Waals surface area contributed by atoms with Crippen LogP contribution in [-0.2, 0) is 19.1 Å². The van der Waals surface area contributed by atoms with E-state index in [-0.39, 0.29) is 30.5 Å². The quantitative estimate of drug-likeness (QED) is 0.401. The first-order valence-corrected chi connectivity index (χ1v) is 13.1. The van der Waals surface area contributed by atoms with E-state index in [0.717, 1.165) is 5.69 Å². The molecular formula is C27H30ClF2N5O5. The molecule has 0 bridgehead atoms. The van der Waals surface area contributed by atoms with E-state index >= 15 is 0 Å². The van der Waals surface area contributed by atoms with Gasteiger partial charge in [-0.3, -0.25) is 24.6 Å². The number of anilines is 2. The Hall–Kier alpha value is -3.77. The first kappa shape index (κ1) is 29.2. The fourth-order valence-corrected chi connectivity index (χ4v) is 4.80. The third-order valence-corrected chi connectivity index (χ3v) is 7.43. The normalized spacial score (nSPS) is 19.1. The van der Waals surface area contributed by atoms with Gasteiger partial charge in [-0.2, -0.15) is 0 Å². The summed E-state index contributed by atoms with van der Waals surface area (Å²) in [6.45, 7) is 2.67. The number of nitrogens with zero attached hydrogens (tertiary/aromatic N) is 3. The molecule has 2 N–H and O–H groups in total. The number of amides is 4. The SMILES string of the molecule is CN(C(=O)N1CC(OC=O)C1)c1ccc(Cl)cc1.CNC1CN(c2cc(F)c(C3CCC(=O)NC3=O)c(F)c2)C1. The highest BCUT2D eigenvalue weighted by molar-refractivity contribution is 6.30. The molecule has 3 heterocycles. The van der Waals surface area contributed by atoms with Crippen LogP contribution in [0.25, 0.3) is 0 Å². The van der Waals surface area contributed by atoms with Crippen LogP contribution in [0.2, 0.25) is 5.02 Å². The number of benzene rings is 2. The van der Waals surface area contributed by atoms with Crippen LogP contribution in [0, 0.1) is 11.6 Å². The van der Waals surface area contributed by atoms with Crippen molar-refractivity contribution in [2.45, 2.75) is 30.9 Å². The maximum Gasteiger partial charge on any atom is 0.324 e. The minimum absolute atomic E-state index is 0.0903. The zero-order valence-electron chi connectivity index (χ0n) is 22.0. The number of carbonyl (C=O) groups is 4. The fraction of sp³-hybridized carbons (Fsp3) is 0.407. The van der Waals surface area contributed by atoms with E-state index in [2.05, 4.69) is 10.6 Å². The molecule has 214 valence electrons. The maximum atomic E-state index is 14.3. The van der Waals surface area contributed by atoms with Crippen molar-refractivity contribution < 1.29 is 32.7 Å². The number of likely N-dealkylation sites (tertiary alicyclic amines) is 1. The zero-order chi connectivity index (χ0) is 29.0. The van der Waals surface area contributed by atoms with E-state index < -0.39 is 29.4 Å². The van der Waals surface area contributed by atoms with E-state index in [9.17, 15) is 28.0 Å². The van der Waals surface area contributed by atoms with Crippen molar-refractivity contribution in [3.63, 3.8) is 0 Å². The highest BCUT2D eigenvalue weighted by Gasteiger charge is 2.35. The van der Waals surface area contributed by atoms with Gasteiger partial charge in [0.15, 0.2) is 0 Å². The third-order valence-electron chi connectivity index (χ3n) is 7.17. The number of ether oxygens (including phenoxy) is 1. The van der Waals surface area contributed by atoms with Crippen LogP contribution in [-0.4, -0.2) is 81.6 Å². The van der Waals surface area contributed by atoms with Gasteiger partial charge in [0.1, 0.15) is 17.7 Å². The molecule has 3 aliphatic rings. The standard InChI is InChI=1S/C15H17F2N3O2.C12H13ClN2O3/c1-18-8-6-20(7-8)9-4-11(16)14(12(17)5-9)10-2-3-13(21)19-15(10)22;1-14(10-4-2-9(13)3-5-10)12(17)15-6-11(7-15)18-8-16/h4-5,8,10,18H,2-3,6-7H2,1H3,(H,19,21,22);2-5,8,11H,6-7H2,1H3. The number of piperidine rings is 1. The van der Waals surface area contributed by atoms with Crippen LogP contribution in [0.5, 0.6) is 0 Å². The Kier molecular flexibility index (Phi) is 9.21. The molecule has 0 spiro atoms. The molecule has 3 saturated heterocycles. The van der Waals surface area contributed by atoms with Gasteiger partial charge in [0, 0.05) is 54.6 Å². The molecule has 10 nitrogen and oxygen atoms in total. The average Bonchev–Trinajstić information content (AvgIpc) is 2.86. The molecule has 2 aromatic rings. The Labute approximate surface area is 235 Å². The van der Waals surface area contributed by atoms with Gasteiger partial charge in [-0.15, -0.1) is 0 Å². The molecule has 3 aliphatic heterocycles. The number of carbonyl (C=O) groups excluding carboxylic acids is 4. The summed E-state index contributed by atoms with van der Waals surface area (Å²) in [5, 5.41) is 5.84. The van der Waals surface area contributed by atoms with Gasteiger partial charge in [0.2, 0.25) is 11.8 Å². The molecule has 2 aromatic carbocycles. The number of hydrogen-bond donors (Lipinski definition) is 2. The summed E-state index contributed by atoms with van der Waals surface area (Å²) in [4.78, 5) is 50.1. The van der Waals surface area contributed by atoms with Crippen molar-refractivity contribution in [2.75, 3.05) is 50.1 Å². The molecule has 0 aliphatic carbocycles. The Morgan fingerprint density at radius 2 is 1.75 bits per heavy atom. The topological polar surface area (TPSA) is 111 Å². The molecule has 13 heteroatoms. The van der Waals surface area contributed by atoms with Crippen molar-refractivity contribution >= 4 is 47.3 Å². The third kappa shape index (κ3) is 6.50. The van der Waals surface area contributed by atoms with Crippen LogP contribution < -0.4 is 20.4 Å². The summed E-state index contributed by atoms with van der Waals surface area (Å²) in [5.74, 6) is -3.47. The molecular weight excluding hydrogens is 548 g/mol. The lowest BCUT2D eigenvalue weighted by Crippen LogP contribution is -2.58. The lowest BCUT2D eigenvalue weighted by Gasteiger charge is -2.41. The van der Waals surface area contributed by atoms with E-state index in [1.165, 1.54) is 17.0 Å². The summed E-state index contributed by atoms with van der Waals surface area (Å²) >= 11 is 5.79. The first-order chi connectivity index (χ1) is 19.1. The summed E-state index contributed by atoms with van der Waals surface area (Å²) < 4.78 is 33.4. The van der Waals surface area contributed by atoms with Crippen molar-refractivity contribution in [3.8, 4) is 0 Å². The monoisotopic (exact) mass is 577 g/mol. The number of halogens is 3. The van der Waals surface area contributed by atoms with E-state index in [1.807, 2.05) is 11.9 Å². The zero-order valence-corrected chi connectivity index (χ0v) is 22.8. The predicted molar refractivity (Wildman–Crippen MR) is 144 cm³/mol. The number of rotatable bonds is 6. The van der Waals surface area contributed by atoms with Gasteiger partial charge >= 0.3 is 6.03 Å². The molecule has 1 atom stereocenters. The van der Waals surface area contributed by atoms with Gasteiger partial charge in [0.05, 0.1) is 19.0 Å². The number of urea groups is 1. The summed E-state index contributed by atoms with van der Waals surface area (Å²) in [6.07, 6.45) is 0.0428. The van der Waals surface area contributed by atoms with Crippen LogP contribution >= 0.6 is 11.6 Å². The molecule has 5 rings (SSSR count). The number of imide groups is 1. The molecule has 1 unspecified atom stereocenters. The molecule has 40 heavy (non-hydrogen) atoms. The Bertz CT molecular complexity index is 1250. The van der Waals surface area contributed by atoms with E-state index in [4.69, 9.17) is 16.3 Å². The van der Waals surface area contributed by atoms with Gasteiger partial charge in [-0.1, -0.05) is 11.6 Å². The summed E-state index contributed by atoms with van der Waals surface area (Å²) in [6, 6.07) is 9.73. The van der Waals surface area contributed by atoms with Crippen LogP contribution in [0.1, 0.15) is 24.3 Å². The summed E-state index contributed by atoms with van der Waals surface area (Å²) in [7, 11) is 3.54. The largest absolute Gasteiger partial charge is 0.461 e. The van der Waals surface area contributed by atoms with E-state index in [1.54, 1.807) is 36.2 Å². The molecule has 4 amide bonds. The second-order valence-corrected chi connectivity index (χ2v) is 10.2. The van der Waals surface area contributed by atoms with E-state index in [0.29, 0.717) is 49.4 Å². The van der Waals surface area contributed by atoms with Crippen LogP contribution in [0.3, 0.4) is 0 Å². The predicted octanol–water partition coefficient (Wildman–Crippen LogP) is 2.65. The molecule has 0 aromatic heterocycles. The minimum Gasteiger partial charge on any atom is -0.461 e. The maximum absolute atomic E-state index is 14.3. The Morgan fingerprint density at radius 1 is 1.12 bits per heavy atom. The van der Waals surface area contributed by atoms with Crippen molar-refractivity contribution in [2.24, 2.45) is 0 Å². The highest BCUT2D eigenvalue weighted by Crippen LogP contribution is 2.33. The van der Waals surface area contributed by atoms with Crippen molar-refractivity contribution in [3.05, 3.63) is 58.6 Å². The van der Waals surface area contributed by atoms with Crippen LogP contribution in [0.4, 0.5) is 25.0 Å². The average molecular weight is 578 g/mol. The van der Waals surface area contributed by atoms with Crippen LogP contribution in [0.15, 0.2) is 36.4 Å². The summed E-state index contributed by atoms with van der Waals surface area (Å²) in [5.41, 5.74) is 0.987. The second kappa shape index (κ2) is 12.6. The van der Waals surface area contributed by atoms with Crippen molar-refractivity contribution in [1.29, 1.82) is 0 Å². The highest BCUT2D eigenvalue weighted by atomic mass is 35.5. The smallest absolute Gasteiger partial charge is 0.324 e. The van der Waals surface area contributed by atoms with Gasteiger partial charge in [-0.05, 0) is 49.9 Å². The van der Waals surface area contributed by atoms with Gasteiger partial charge in [-0.25, -0.2) is 13.6 Å².